The first-order valence-electron chi connectivity index (χ1n) is 5.54. The highest BCUT2D eigenvalue weighted by molar-refractivity contribution is 7.91. The average molecular weight is 272 g/mol. The van der Waals surface area contributed by atoms with Gasteiger partial charge in [0.05, 0.1) is 16.8 Å². The number of benzene rings is 1. The number of aromatic carboxylic acids is 1. The highest BCUT2D eigenvalue weighted by Crippen LogP contribution is 2.24. The number of carbonyl (C=O) groups is 1. The molecule has 0 saturated carbocycles. The van der Waals surface area contributed by atoms with E-state index in [1.54, 1.807) is 13.8 Å². The lowest BCUT2D eigenvalue weighted by Crippen LogP contribution is -2.11. The van der Waals surface area contributed by atoms with Crippen molar-refractivity contribution in [2.24, 2.45) is 0 Å². The van der Waals surface area contributed by atoms with E-state index in [2.05, 4.69) is 0 Å². The largest absolute Gasteiger partial charge is 0.490 e. The molecule has 6 heteroatoms. The Bertz CT molecular complexity index is 546. The second-order valence-electron chi connectivity index (χ2n) is 4.03. The predicted molar refractivity (Wildman–Crippen MR) is 66.9 cm³/mol. The predicted octanol–water partition coefficient (Wildman–Crippen LogP) is 1.97. The average Bonchev–Trinajstić information content (AvgIpc) is 2.28. The first kappa shape index (κ1) is 14.5. The van der Waals surface area contributed by atoms with Gasteiger partial charge >= 0.3 is 5.97 Å². The maximum atomic E-state index is 11.7. The molecule has 1 aromatic carbocycles. The van der Waals surface area contributed by atoms with Gasteiger partial charge in [-0.05, 0) is 32.0 Å². The van der Waals surface area contributed by atoms with Crippen LogP contribution in [-0.2, 0) is 9.84 Å². The van der Waals surface area contributed by atoms with Crippen molar-refractivity contribution in [2.75, 3.05) is 5.75 Å². The van der Waals surface area contributed by atoms with E-state index in [0.717, 1.165) is 6.07 Å². The summed E-state index contributed by atoms with van der Waals surface area (Å²) in [5.41, 5.74) is -0.141. The van der Waals surface area contributed by atoms with Gasteiger partial charge < -0.3 is 9.84 Å². The van der Waals surface area contributed by atoms with Crippen LogP contribution in [0.3, 0.4) is 0 Å². The van der Waals surface area contributed by atoms with Gasteiger partial charge in [-0.2, -0.15) is 0 Å². The molecule has 0 bridgehead atoms. The molecule has 0 fully saturated rings. The molecule has 0 spiro atoms. The second-order valence-corrected chi connectivity index (χ2v) is 6.31. The van der Waals surface area contributed by atoms with Gasteiger partial charge in [0.25, 0.3) is 0 Å². The molecule has 0 amide bonds. The molecular formula is C12H16O5S. The summed E-state index contributed by atoms with van der Waals surface area (Å²) in [6, 6.07) is 3.88. The number of carboxylic acid groups (broad SMARTS) is 1. The van der Waals surface area contributed by atoms with E-state index in [0.29, 0.717) is 0 Å². The molecule has 0 aromatic heterocycles. The zero-order valence-corrected chi connectivity index (χ0v) is 11.3. The van der Waals surface area contributed by atoms with E-state index in [4.69, 9.17) is 9.84 Å². The first-order valence-corrected chi connectivity index (χ1v) is 7.20. The molecule has 0 aliphatic carbocycles. The third-order valence-corrected chi connectivity index (χ3v) is 4.02. The summed E-state index contributed by atoms with van der Waals surface area (Å²) >= 11 is 0. The van der Waals surface area contributed by atoms with E-state index in [9.17, 15) is 13.2 Å². The van der Waals surface area contributed by atoms with Crippen molar-refractivity contribution < 1.29 is 23.1 Å². The van der Waals surface area contributed by atoms with E-state index < -0.39 is 15.8 Å². The second kappa shape index (κ2) is 5.39. The van der Waals surface area contributed by atoms with Gasteiger partial charge in [0.15, 0.2) is 9.84 Å². The quantitative estimate of drug-likeness (QED) is 0.886. The Morgan fingerprint density at radius 2 is 2.00 bits per heavy atom. The van der Waals surface area contributed by atoms with Crippen molar-refractivity contribution in [1.82, 2.24) is 0 Å². The minimum Gasteiger partial charge on any atom is -0.490 e. The van der Waals surface area contributed by atoms with Crippen LogP contribution < -0.4 is 4.74 Å². The smallest absolute Gasteiger partial charge is 0.339 e. The Morgan fingerprint density at radius 3 is 2.44 bits per heavy atom. The van der Waals surface area contributed by atoms with Gasteiger partial charge in [-0.3, -0.25) is 0 Å². The summed E-state index contributed by atoms with van der Waals surface area (Å²) in [5, 5.41) is 9.07. The third kappa shape index (κ3) is 3.22. The minimum atomic E-state index is -3.42. The monoisotopic (exact) mass is 272 g/mol. The van der Waals surface area contributed by atoms with Crippen LogP contribution in [-0.4, -0.2) is 31.4 Å². The van der Waals surface area contributed by atoms with Crippen molar-refractivity contribution in [3.63, 3.8) is 0 Å². The number of rotatable bonds is 5. The third-order valence-electron chi connectivity index (χ3n) is 2.28. The fourth-order valence-corrected chi connectivity index (χ4v) is 2.30. The Labute approximate surface area is 106 Å². The molecule has 1 rings (SSSR count). The summed E-state index contributed by atoms with van der Waals surface area (Å²) in [7, 11) is -3.42. The molecule has 18 heavy (non-hydrogen) atoms. The molecule has 5 nitrogen and oxygen atoms in total. The van der Waals surface area contributed by atoms with Crippen LogP contribution in [0.1, 0.15) is 31.1 Å². The Morgan fingerprint density at radius 1 is 1.39 bits per heavy atom. The van der Waals surface area contributed by atoms with Crippen LogP contribution in [0.4, 0.5) is 0 Å². The molecule has 0 heterocycles. The van der Waals surface area contributed by atoms with Gasteiger partial charge in [-0.1, -0.05) is 6.92 Å². The van der Waals surface area contributed by atoms with Crippen molar-refractivity contribution in [3.05, 3.63) is 23.8 Å². The van der Waals surface area contributed by atoms with Gasteiger partial charge in [0, 0.05) is 0 Å². The van der Waals surface area contributed by atoms with E-state index in [-0.39, 0.29) is 28.1 Å². The summed E-state index contributed by atoms with van der Waals surface area (Å²) in [4.78, 5) is 11.1. The summed E-state index contributed by atoms with van der Waals surface area (Å²) in [5.74, 6) is -1.11. The lowest BCUT2D eigenvalue weighted by atomic mass is 10.2. The van der Waals surface area contributed by atoms with E-state index >= 15 is 0 Å². The van der Waals surface area contributed by atoms with E-state index in [1.165, 1.54) is 19.1 Å². The lowest BCUT2D eigenvalue weighted by molar-refractivity contribution is 0.0690. The number of hydrogen-bond acceptors (Lipinski definition) is 4. The molecule has 0 saturated heterocycles. The molecule has 1 N–H and O–H groups in total. The van der Waals surface area contributed by atoms with Crippen LogP contribution >= 0.6 is 0 Å². The van der Waals surface area contributed by atoms with Crippen LogP contribution in [0.25, 0.3) is 0 Å². The van der Waals surface area contributed by atoms with Crippen molar-refractivity contribution >= 4 is 15.8 Å². The van der Waals surface area contributed by atoms with Crippen molar-refractivity contribution in [2.45, 2.75) is 31.8 Å². The summed E-state index contributed by atoms with van der Waals surface area (Å²) in [6.45, 7) is 5.04. The van der Waals surface area contributed by atoms with Gasteiger partial charge in [0.1, 0.15) is 11.3 Å². The molecule has 1 aromatic rings. The number of ether oxygens (including phenoxy) is 1. The first-order chi connectivity index (χ1) is 8.27. The highest BCUT2D eigenvalue weighted by Gasteiger charge is 2.18. The van der Waals surface area contributed by atoms with Crippen LogP contribution in [0, 0.1) is 0 Å². The Balaban J connectivity index is 3.32. The molecule has 0 unspecified atom stereocenters. The standard InChI is InChI=1S/C12H16O5S/c1-4-18(15,16)9-5-6-11(17-8(2)3)10(7-9)12(13)14/h5-8H,4H2,1-3H3,(H,13,14). The lowest BCUT2D eigenvalue weighted by Gasteiger charge is -2.13. The van der Waals surface area contributed by atoms with Crippen LogP contribution in [0.2, 0.25) is 0 Å². The Kier molecular flexibility index (Phi) is 4.34. The zero-order chi connectivity index (χ0) is 13.9. The molecule has 0 aliphatic heterocycles. The van der Waals surface area contributed by atoms with Crippen molar-refractivity contribution in [3.8, 4) is 5.75 Å². The van der Waals surface area contributed by atoms with Gasteiger partial charge in [0.2, 0.25) is 0 Å². The summed E-state index contributed by atoms with van der Waals surface area (Å²) in [6.07, 6.45) is -0.184. The number of sulfone groups is 1. The SMILES string of the molecule is CCS(=O)(=O)c1ccc(OC(C)C)c(C(=O)O)c1. The normalized spacial score (nSPS) is 11.6. The fourth-order valence-electron chi connectivity index (χ4n) is 1.39. The number of hydrogen-bond donors (Lipinski definition) is 1. The fraction of sp³-hybridized carbons (Fsp3) is 0.417. The number of carboxylic acids is 1. The van der Waals surface area contributed by atoms with E-state index in [1.807, 2.05) is 0 Å². The maximum absolute atomic E-state index is 11.7. The van der Waals surface area contributed by atoms with Crippen molar-refractivity contribution in [1.29, 1.82) is 0 Å². The molecule has 0 aliphatic rings. The topological polar surface area (TPSA) is 80.7 Å². The van der Waals surface area contributed by atoms with Crippen LogP contribution in [0.15, 0.2) is 23.1 Å². The maximum Gasteiger partial charge on any atom is 0.339 e. The van der Waals surface area contributed by atoms with Crippen LogP contribution in [0.5, 0.6) is 5.75 Å². The molecule has 0 atom stereocenters. The summed E-state index contributed by atoms with van der Waals surface area (Å²) < 4.78 is 28.7. The highest BCUT2D eigenvalue weighted by atomic mass is 32.2. The molecule has 100 valence electrons. The Hall–Kier alpha value is -1.56. The minimum absolute atomic E-state index is 0.00138. The molecular weight excluding hydrogens is 256 g/mol. The van der Waals surface area contributed by atoms with Gasteiger partial charge in [-0.15, -0.1) is 0 Å². The zero-order valence-electron chi connectivity index (χ0n) is 10.5. The van der Waals surface area contributed by atoms with Gasteiger partial charge in [-0.25, -0.2) is 13.2 Å². The molecule has 0 radical (unpaired) electrons.